The van der Waals surface area contributed by atoms with Crippen molar-refractivity contribution in [2.45, 2.75) is 32.1 Å². The van der Waals surface area contributed by atoms with Gasteiger partial charge < -0.3 is 5.32 Å². The third-order valence-corrected chi connectivity index (χ3v) is 6.74. The number of thiazole rings is 1. The third-order valence-electron chi connectivity index (χ3n) is 4.75. The van der Waals surface area contributed by atoms with E-state index in [1.165, 1.54) is 22.0 Å². The predicted molar refractivity (Wildman–Crippen MR) is 108 cm³/mol. The van der Waals surface area contributed by atoms with Crippen molar-refractivity contribution in [2.24, 2.45) is 0 Å². The monoisotopic (exact) mass is 384 g/mol. The van der Waals surface area contributed by atoms with Crippen LogP contribution in [-0.4, -0.2) is 22.3 Å². The van der Waals surface area contributed by atoms with Crippen molar-refractivity contribution in [1.29, 1.82) is 0 Å². The predicted octanol–water partition coefficient (Wildman–Crippen LogP) is 4.47. The Hall–Kier alpha value is -2.25. The number of carbonyl (C=O) groups is 1. The van der Waals surface area contributed by atoms with Crippen molar-refractivity contribution in [3.63, 3.8) is 0 Å². The molecule has 0 saturated heterocycles. The molecule has 134 valence electrons. The van der Waals surface area contributed by atoms with Crippen LogP contribution in [0.15, 0.2) is 30.3 Å². The summed E-state index contributed by atoms with van der Waals surface area (Å²) in [6.45, 7) is 1.85. The summed E-state index contributed by atoms with van der Waals surface area (Å²) in [5, 5.41) is 7.47. The Bertz CT molecular complexity index is 932. The molecule has 7 heteroatoms. The van der Waals surface area contributed by atoms with Crippen LogP contribution in [0.3, 0.4) is 0 Å². The Morgan fingerprint density at radius 3 is 2.85 bits per heavy atom. The first-order chi connectivity index (χ1) is 12.7. The molecule has 0 bridgehead atoms. The van der Waals surface area contributed by atoms with Gasteiger partial charge in [0, 0.05) is 11.9 Å². The normalized spacial score (nSPS) is 16.2. The standard InChI is InChI=1S/C19H20N4OS2/c1-11-16(18(20-2)26-23-11)17(24)22-19-21-14-9-8-13(10-15(14)25-19)12-6-4-3-5-7-12/h3-7,13,20H,8-10H2,1-2H3,(H,21,22,24)/t13-/m1/s1. The van der Waals surface area contributed by atoms with Crippen molar-refractivity contribution in [1.82, 2.24) is 9.36 Å². The van der Waals surface area contributed by atoms with Gasteiger partial charge in [-0.05, 0) is 49.2 Å². The minimum atomic E-state index is -0.147. The number of hydrogen-bond acceptors (Lipinski definition) is 6. The van der Waals surface area contributed by atoms with Crippen molar-refractivity contribution >= 4 is 38.9 Å². The van der Waals surface area contributed by atoms with E-state index >= 15 is 0 Å². The highest BCUT2D eigenvalue weighted by Gasteiger charge is 2.25. The summed E-state index contributed by atoms with van der Waals surface area (Å²) in [7, 11) is 1.80. The lowest BCUT2D eigenvalue weighted by atomic mass is 9.85. The lowest BCUT2D eigenvalue weighted by Gasteiger charge is -2.21. The van der Waals surface area contributed by atoms with Gasteiger partial charge in [0.2, 0.25) is 0 Å². The summed E-state index contributed by atoms with van der Waals surface area (Å²) in [4.78, 5) is 18.6. The van der Waals surface area contributed by atoms with Gasteiger partial charge >= 0.3 is 0 Å². The van der Waals surface area contributed by atoms with Crippen LogP contribution in [-0.2, 0) is 12.8 Å². The van der Waals surface area contributed by atoms with E-state index < -0.39 is 0 Å². The summed E-state index contributed by atoms with van der Waals surface area (Å²) in [6.07, 6.45) is 3.06. The number of aryl methyl sites for hydroxylation is 2. The highest BCUT2D eigenvalue weighted by Crippen LogP contribution is 2.37. The van der Waals surface area contributed by atoms with Gasteiger partial charge in [-0.15, -0.1) is 11.3 Å². The van der Waals surface area contributed by atoms with Gasteiger partial charge in [-0.25, -0.2) is 4.98 Å². The molecule has 0 aliphatic heterocycles. The average molecular weight is 385 g/mol. The molecule has 5 nitrogen and oxygen atoms in total. The van der Waals surface area contributed by atoms with Crippen LogP contribution in [0.1, 0.15) is 44.5 Å². The maximum absolute atomic E-state index is 12.7. The number of nitrogens with zero attached hydrogens (tertiary/aromatic N) is 2. The minimum absolute atomic E-state index is 0.147. The van der Waals surface area contributed by atoms with Crippen molar-refractivity contribution in [3.8, 4) is 0 Å². The van der Waals surface area contributed by atoms with E-state index in [1.807, 2.05) is 6.92 Å². The zero-order chi connectivity index (χ0) is 18.1. The molecule has 0 fully saturated rings. The van der Waals surface area contributed by atoms with Crippen LogP contribution in [0.5, 0.6) is 0 Å². The number of benzene rings is 1. The zero-order valence-electron chi connectivity index (χ0n) is 14.7. The first-order valence-electron chi connectivity index (χ1n) is 8.64. The summed E-state index contributed by atoms with van der Waals surface area (Å²) >= 11 is 2.90. The van der Waals surface area contributed by atoms with Crippen molar-refractivity contribution in [3.05, 3.63) is 57.7 Å². The largest absolute Gasteiger partial charge is 0.378 e. The number of nitrogens with one attached hydrogen (secondary N) is 2. The van der Waals surface area contributed by atoms with Gasteiger partial charge in [-0.1, -0.05) is 30.3 Å². The Morgan fingerprint density at radius 2 is 2.08 bits per heavy atom. The number of hydrogen-bond donors (Lipinski definition) is 2. The molecule has 0 saturated carbocycles. The van der Waals surface area contributed by atoms with Crippen molar-refractivity contribution < 1.29 is 4.79 Å². The van der Waals surface area contributed by atoms with Gasteiger partial charge in [0.05, 0.1) is 17.0 Å². The summed E-state index contributed by atoms with van der Waals surface area (Å²) in [6, 6.07) is 10.6. The Balaban J connectivity index is 1.52. The van der Waals surface area contributed by atoms with Gasteiger partial charge in [-0.3, -0.25) is 10.1 Å². The molecule has 1 aromatic carbocycles. The molecule has 0 spiro atoms. The highest BCUT2D eigenvalue weighted by atomic mass is 32.1. The van der Waals surface area contributed by atoms with Crippen LogP contribution in [0.4, 0.5) is 10.1 Å². The summed E-state index contributed by atoms with van der Waals surface area (Å²) < 4.78 is 4.26. The van der Waals surface area contributed by atoms with E-state index in [0.29, 0.717) is 16.6 Å². The second kappa shape index (κ2) is 7.17. The molecule has 26 heavy (non-hydrogen) atoms. The molecular formula is C19H20N4OS2. The second-order valence-corrected chi connectivity index (χ2v) is 8.27. The minimum Gasteiger partial charge on any atom is -0.378 e. The first kappa shape index (κ1) is 17.2. The van der Waals surface area contributed by atoms with E-state index in [9.17, 15) is 4.79 Å². The molecule has 3 aromatic rings. The van der Waals surface area contributed by atoms with Crippen molar-refractivity contribution in [2.75, 3.05) is 17.7 Å². The summed E-state index contributed by atoms with van der Waals surface area (Å²) in [5.41, 5.74) is 3.86. The van der Waals surface area contributed by atoms with Crippen LogP contribution in [0, 0.1) is 6.92 Å². The first-order valence-corrected chi connectivity index (χ1v) is 10.2. The number of aromatic nitrogens is 2. The number of amides is 1. The number of rotatable bonds is 4. The maximum atomic E-state index is 12.7. The van der Waals surface area contributed by atoms with Crippen LogP contribution >= 0.6 is 22.9 Å². The molecule has 0 unspecified atom stereocenters. The van der Waals surface area contributed by atoms with Crippen LogP contribution in [0.25, 0.3) is 0 Å². The lowest BCUT2D eigenvalue weighted by molar-refractivity contribution is 0.102. The topological polar surface area (TPSA) is 66.9 Å². The fourth-order valence-electron chi connectivity index (χ4n) is 3.41. The molecule has 1 amide bonds. The molecule has 2 heterocycles. The average Bonchev–Trinajstić information content (AvgIpc) is 3.23. The Labute approximate surface area is 160 Å². The van der Waals surface area contributed by atoms with E-state index in [1.54, 1.807) is 18.4 Å². The van der Waals surface area contributed by atoms with Crippen LogP contribution in [0.2, 0.25) is 0 Å². The van der Waals surface area contributed by atoms with E-state index in [2.05, 4.69) is 50.3 Å². The SMILES string of the molecule is CNc1snc(C)c1C(=O)Nc1nc2c(s1)C[C@H](c1ccccc1)CC2. The summed E-state index contributed by atoms with van der Waals surface area (Å²) in [5.74, 6) is 0.387. The number of anilines is 2. The fourth-order valence-corrected chi connectivity index (χ4v) is 5.23. The van der Waals surface area contributed by atoms with Crippen LogP contribution < -0.4 is 10.6 Å². The molecule has 0 radical (unpaired) electrons. The second-order valence-electron chi connectivity index (χ2n) is 6.42. The maximum Gasteiger partial charge on any atom is 0.262 e. The van der Waals surface area contributed by atoms with E-state index in [0.717, 1.165) is 35.7 Å². The molecular weight excluding hydrogens is 364 g/mol. The van der Waals surface area contributed by atoms with Gasteiger partial charge in [-0.2, -0.15) is 4.37 Å². The molecule has 2 N–H and O–H groups in total. The van der Waals surface area contributed by atoms with Gasteiger partial charge in [0.1, 0.15) is 5.00 Å². The number of carbonyl (C=O) groups excluding carboxylic acids is 1. The van der Waals surface area contributed by atoms with E-state index in [4.69, 9.17) is 0 Å². The number of fused-ring (bicyclic) bond motifs is 1. The molecule has 1 aliphatic carbocycles. The fraction of sp³-hybridized carbons (Fsp3) is 0.316. The quantitative estimate of drug-likeness (QED) is 0.696. The molecule has 4 rings (SSSR count). The molecule has 2 aromatic heterocycles. The van der Waals surface area contributed by atoms with E-state index in [-0.39, 0.29) is 5.91 Å². The Morgan fingerprint density at radius 1 is 1.27 bits per heavy atom. The van der Waals surface area contributed by atoms with Gasteiger partial charge in [0.15, 0.2) is 5.13 Å². The van der Waals surface area contributed by atoms with Gasteiger partial charge in [0.25, 0.3) is 5.91 Å². The molecule has 1 atom stereocenters. The molecule has 1 aliphatic rings. The third kappa shape index (κ3) is 3.24. The lowest BCUT2D eigenvalue weighted by Crippen LogP contribution is -2.14. The zero-order valence-corrected chi connectivity index (χ0v) is 16.3. The smallest absolute Gasteiger partial charge is 0.262 e. The Kier molecular flexibility index (Phi) is 4.74. The highest BCUT2D eigenvalue weighted by molar-refractivity contribution is 7.16.